The highest BCUT2D eigenvalue weighted by Crippen LogP contribution is 2.21. The third-order valence-corrected chi connectivity index (χ3v) is 5.34. The molecule has 0 aliphatic heterocycles. The molecular weight excluding hydrogens is 476 g/mol. The molecule has 0 saturated carbocycles. The number of amides is 1. The first-order valence-corrected chi connectivity index (χ1v) is 11.2. The summed E-state index contributed by atoms with van der Waals surface area (Å²) in [6, 6.07) is 16.5. The van der Waals surface area contributed by atoms with Crippen LogP contribution in [0.4, 0.5) is 11.4 Å². The first kappa shape index (κ1) is 30.6. The van der Waals surface area contributed by atoms with Crippen molar-refractivity contribution in [2.75, 3.05) is 17.9 Å². The molecule has 11 nitrogen and oxygen atoms in total. The fourth-order valence-electron chi connectivity index (χ4n) is 3.46. The van der Waals surface area contributed by atoms with Crippen LogP contribution >= 0.6 is 0 Å². The van der Waals surface area contributed by atoms with Crippen LogP contribution in [-0.2, 0) is 34.0 Å². The fourth-order valence-corrected chi connectivity index (χ4v) is 3.46. The predicted molar refractivity (Wildman–Crippen MR) is 144 cm³/mol. The van der Waals surface area contributed by atoms with Crippen LogP contribution in [-0.4, -0.2) is 31.2 Å². The largest absolute Gasteiger partial charge is 0.497 e. The van der Waals surface area contributed by atoms with Crippen LogP contribution in [0, 0.1) is 0 Å². The summed E-state index contributed by atoms with van der Waals surface area (Å²) in [4.78, 5) is 41.4. The monoisotopic (exact) mass is 510 g/mol. The van der Waals surface area contributed by atoms with Gasteiger partial charge in [-0.1, -0.05) is 24.3 Å². The molecule has 1 heterocycles. The van der Waals surface area contributed by atoms with E-state index in [1.807, 2.05) is 63.0 Å². The van der Waals surface area contributed by atoms with E-state index in [0.29, 0.717) is 24.5 Å². The van der Waals surface area contributed by atoms with Gasteiger partial charge in [-0.25, -0.2) is 0 Å². The van der Waals surface area contributed by atoms with E-state index in [0.717, 1.165) is 22.4 Å². The first-order valence-electron chi connectivity index (χ1n) is 11.2. The van der Waals surface area contributed by atoms with Crippen molar-refractivity contribution in [3.63, 3.8) is 0 Å². The number of hydrazine groups is 1. The van der Waals surface area contributed by atoms with E-state index in [2.05, 4.69) is 16.1 Å². The highest BCUT2D eigenvalue weighted by atomic mass is 16.5. The molecule has 3 aromatic rings. The Balaban J connectivity index is 0.00000163. The molecule has 0 saturated heterocycles. The number of anilines is 2. The predicted octanol–water partition coefficient (Wildman–Crippen LogP) is 1.72. The van der Waals surface area contributed by atoms with Gasteiger partial charge in [0, 0.05) is 25.3 Å². The number of benzene rings is 2. The number of rotatable bonds is 10. The van der Waals surface area contributed by atoms with E-state index in [9.17, 15) is 9.59 Å². The maximum Gasteiger partial charge on any atom is 0.274 e. The smallest absolute Gasteiger partial charge is 0.274 e. The number of carbonyl (C=O) groups excluding carboxylic acids is 3. The quantitative estimate of drug-likeness (QED) is 0.201. The number of carbonyl (C=O) groups is 3. The van der Waals surface area contributed by atoms with Gasteiger partial charge in [0.2, 0.25) is 5.91 Å². The number of hydrogen-bond donors (Lipinski definition) is 5. The van der Waals surface area contributed by atoms with Crippen molar-refractivity contribution in [1.82, 2.24) is 9.88 Å². The Morgan fingerprint density at radius 3 is 2.43 bits per heavy atom. The zero-order chi connectivity index (χ0) is 27.8. The highest BCUT2D eigenvalue weighted by molar-refractivity contribution is 5.75. The van der Waals surface area contributed by atoms with E-state index in [-0.39, 0.29) is 24.1 Å². The lowest BCUT2D eigenvalue weighted by atomic mass is 10.1. The Morgan fingerprint density at radius 1 is 1.05 bits per heavy atom. The second-order valence-corrected chi connectivity index (χ2v) is 7.61. The SMILES string of the molecule is C=O.C=O.COc1cccc(C(C)Nc2cccn(CC(=O)NCc3ccc(CN)c(NN)c3)c2=O)c1. The van der Waals surface area contributed by atoms with Gasteiger partial charge in [-0.2, -0.15) is 0 Å². The molecule has 0 radical (unpaired) electrons. The van der Waals surface area contributed by atoms with Gasteiger partial charge in [0.1, 0.15) is 31.6 Å². The van der Waals surface area contributed by atoms with Crippen molar-refractivity contribution >= 4 is 30.9 Å². The lowest BCUT2D eigenvalue weighted by molar-refractivity contribution is -0.121. The van der Waals surface area contributed by atoms with Crippen molar-refractivity contribution in [2.24, 2.45) is 11.6 Å². The van der Waals surface area contributed by atoms with E-state index < -0.39 is 0 Å². The van der Waals surface area contributed by atoms with E-state index >= 15 is 0 Å². The van der Waals surface area contributed by atoms with Crippen LogP contribution in [0.3, 0.4) is 0 Å². The maximum atomic E-state index is 12.9. The van der Waals surface area contributed by atoms with Crippen LogP contribution in [0.25, 0.3) is 0 Å². The average molecular weight is 511 g/mol. The molecule has 0 bridgehead atoms. The van der Waals surface area contributed by atoms with Gasteiger partial charge < -0.3 is 40.7 Å². The Bertz CT molecular complexity index is 1200. The summed E-state index contributed by atoms with van der Waals surface area (Å²) in [7, 11) is 1.61. The number of nitrogens with zero attached hydrogens (tertiary/aromatic N) is 1. The molecule has 7 N–H and O–H groups in total. The van der Waals surface area contributed by atoms with E-state index in [1.54, 1.807) is 25.4 Å². The first-order chi connectivity index (χ1) is 17.9. The lowest BCUT2D eigenvalue weighted by Gasteiger charge is -2.17. The molecule has 1 unspecified atom stereocenters. The summed E-state index contributed by atoms with van der Waals surface area (Å²) in [5.74, 6) is 5.99. The molecular formula is C26H34N6O5. The van der Waals surface area contributed by atoms with Crippen molar-refractivity contribution in [3.05, 3.63) is 87.8 Å². The minimum atomic E-state index is -0.278. The Labute approximate surface area is 215 Å². The zero-order valence-corrected chi connectivity index (χ0v) is 21.0. The molecule has 1 amide bonds. The Morgan fingerprint density at radius 2 is 1.78 bits per heavy atom. The summed E-state index contributed by atoms with van der Waals surface area (Å²) in [5.41, 5.74) is 11.9. The average Bonchev–Trinajstić information content (AvgIpc) is 2.96. The molecule has 198 valence electrons. The Hall–Kier alpha value is -4.48. The molecule has 2 aromatic carbocycles. The highest BCUT2D eigenvalue weighted by Gasteiger charge is 2.12. The summed E-state index contributed by atoms with van der Waals surface area (Å²) in [6.45, 7) is 6.53. The number of methoxy groups -OCH3 is 1. The molecule has 0 aliphatic rings. The number of ether oxygens (including phenoxy) is 1. The molecule has 0 aliphatic carbocycles. The summed E-state index contributed by atoms with van der Waals surface area (Å²) in [5, 5.41) is 6.05. The minimum absolute atomic E-state index is 0.0925. The van der Waals surface area contributed by atoms with Crippen LogP contribution in [0.15, 0.2) is 65.6 Å². The molecule has 0 fully saturated rings. The lowest BCUT2D eigenvalue weighted by Crippen LogP contribution is -2.32. The summed E-state index contributed by atoms with van der Waals surface area (Å²) < 4.78 is 6.64. The number of nitrogens with two attached hydrogens (primary N) is 2. The number of nitrogen functional groups attached to an aromatic ring is 1. The number of aromatic nitrogens is 1. The van der Waals surface area contributed by atoms with Gasteiger partial charge in [0.15, 0.2) is 0 Å². The third kappa shape index (κ3) is 8.91. The number of hydrogen-bond acceptors (Lipinski definition) is 9. The van der Waals surface area contributed by atoms with E-state index in [1.165, 1.54) is 4.57 Å². The second kappa shape index (κ2) is 16.2. The van der Waals surface area contributed by atoms with Gasteiger partial charge in [-0.3, -0.25) is 15.4 Å². The standard InChI is InChI=1S/C24H30N6O3.2CH2O/c1-16(18-5-3-6-20(12-18)33-2)28-21-7-4-10-30(24(21)32)15-23(31)27-14-17-8-9-19(13-25)22(11-17)29-26;2*1-2/h3-12,16,28-29H,13-15,25-26H2,1-2H3,(H,27,31);2*1H2. The fraction of sp³-hybridized carbons (Fsp3) is 0.231. The van der Waals surface area contributed by atoms with Crippen molar-refractivity contribution in [3.8, 4) is 5.75 Å². The van der Waals surface area contributed by atoms with Crippen LogP contribution in [0.5, 0.6) is 5.75 Å². The van der Waals surface area contributed by atoms with Gasteiger partial charge in [-0.05, 0) is 53.9 Å². The van der Waals surface area contributed by atoms with Gasteiger partial charge in [0.25, 0.3) is 5.56 Å². The number of nitrogens with one attached hydrogen (secondary N) is 3. The molecule has 1 aromatic heterocycles. The maximum absolute atomic E-state index is 12.9. The van der Waals surface area contributed by atoms with Gasteiger partial charge >= 0.3 is 0 Å². The van der Waals surface area contributed by atoms with Crippen molar-refractivity contribution < 1.29 is 19.1 Å². The van der Waals surface area contributed by atoms with Gasteiger partial charge in [0.05, 0.1) is 12.8 Å². The number of pyridine rings is 1. The third-order valence-electron chi connectivity index (χ3n) is 5.34. The Kier molecular flexibility index (Phi) is 13.4. The molecule has 3 rings (SSSR count). The molecule has 37 heavy (non-hydrogen) atoms. The van der Waals surface area contributed by atoms with E-state index in [4.69, 9.17) is 25.9 Å². The molecule has 0 spiro atoms. The summed E-state index contributed by atoms with van der Waals surface area (Å²) >= 11 is 0. The van der Waals surface area contributed by atoms with Crippen LogP contribution in [0.2, 0.25) is 0 Å². The van der Waals surface area contributed by atoms with Crippen molar-refractivity contribution in [1.29, 1.82) is 0 Å². The molecule has 11 heteroatoms. The summed E-state index contributed by atoms with van der Waals surface area (Å²) in [6.07, 6.45) is 1.59. The van der Waals surface area contributed by atoms with Gasteiger partial charge in [-0.15, -0.1) is 0 Å². The van der Waals surface area contributed by atoms with Crippen LogP contribution < -0.4 is 37.9 Å². The van der Waals surface area contributed by atoms with Crippen LogP contribution in [0.1, 0.15) is 29.7 Å². The van der Waals surface area contributed by atoms with Crippen molar-refractivity contribution in [2.45, 2.75) is 32.6 Å². The minimum Gasteiger partial charge on any atom is -0.497 e. The second-order valence-electron chi connectivity index (χ2n) is 7.61. The normalized spacial score (nSPS) is 10.5. The molecule has 1 atom stereocenters. The topological polar surface area (TPSA) is 171 Å². The zero-order valence-electron chi connectivity index (χ0n) is 21.0.